The molecular weight excluding hydrogens is 497 g/mol. The van der Waals surface area contributed by atoms with Crippen LogP contribution in [0.25, 0.3) is 10.8 Å². The van der Waals surface area contributed by atoms with Gasteiger partial charge in [0.1, 0.15) is 10.6 Å². The number of benzene rings is 2. The molecule has 0 atom stereocenters. The van der Waals surface area contributed by atoms with E-state index in [1.165, 1.54) is 95.6 Å². The molecule has 0 bridgehead atoms. The van der Waals surface area contributed by atoms with Crippen LogP contribution in [0.15, 0.2) is 35.2 Å². The predicted octanol–water partition coefficient (Wildman–Crippen LogP) is 4.79. The van der Waals surface area contributed by atoms with E-state index in [1.54, 1.807) is 12.1 Å². The van der Waals surface area contributed by atoms with Gasteiger partial charge in [0.15, 0.2) is 0 Å². The second kappa shape index (κ2) is 19.0. The first-order valence-electron chi connectivity index (χ1n) is 13.9. The topological polar surface area (TPSA) is 104 Å². The minimum atomic E-state index is -4.55. The molecule has 0 aliphatic heterocycles. The molecule has 0 fully saturated rings. The van der Waals surface area contributed by atoms with E-state index in [-0.39, 0.29) is 56.5 Å². The predicted molar refractivity (Wildman–Crippen MR) is 147 cm³/mol. The molecule has 0 radical (unpaired) electrons. The number of fused-ring (bicyclic) bond motifs is 1. The van der Waals surface area contributed by atoms with Gasteiger partial charge in [-0.25, -0.2) is 0 Å². The minimum Gasteiger partial charge on any atom is -0.506 e. The number of phenolic OH excluding ortho intramolecular Hbond substituents is 1. The summed E-state index contributed by atoms with van der Waals surface area (Å²) in [6, 6.07) is 7.28. The molecule has 0 aliphatic carbocycles. The average molecular weight is 543 g/mol. The van der Waals surface area contributed by atoms with E-state index in [1.807, 2.05) is 0 Å². The maximum atomic E-state index is 12.6. The number of hydrogen-bond donors (Lipinski definition) is 3. The summed E-state index contributed by atoms with van der Waals surface area (Å²) in [5.41, 5.74) is -0.155. The Labute approximate surface area is 246 Å². The van der Waals surface area contributed by atoms with Crippen LogP contribution in [0.5, 0.6) is 5.75 Å². The molecule has 1 amide bonds. The van der Waals surface area contributed by atoms with Gasteiger partial charge >= 0.3 is 29.6 Å². The van der Waals surface area contributed by atoms with Crippen molar-refractivity contribution < 1.29 is 52.4 Å². The van der Waals surface area contributed by atoms with Crippen LogP contribution >= 0.6 is 0 Å². The van der Waals surface area contributed by atoms with E-state index in [0.29, 0.717) is 6.54 Å². The molecule has 2 aromatic carbocycles. The normalized spacial score (nSPS) is 11.4. The summed E-state index contributed by atoms with van der Waals surface area (Å²) in [5.74, 6) is -0.841. The van der Waals surface area contributed by atoms with Crippen molar-refractivity contribution >= 4 is 26.8 Å². The number of amides is 1. The molecule has 8 heteroatoms. The van der Waals surface area contributed by atoms with Crippen molar-refractivity contribution in [2.75, 3.05) is 6.54 Å². The summed E-state index contributed by atoms with van der Waals surface area (Å²) in [7, 11) is -4.55. The van der Waals surface area contributed by atoms with Crippen LogP contribution < -0.4 is 34.9 Å². The standard InChI is InChI=1S/C29H45NO5S.Na/c1-2-3-4-5-6-7-8-9-10-11-12-13-14-15-16-19-22-30-29(32)26-23-27(36(33,34)35)24-20-17-18-21-25(24)28(26)31;/h17-18,20-21,23,31H,2-16,19,22H2,1H3,(H,30,32)(H,33,34,35);/q;+1. The third-order valence-electron chi connectivity index (χ3n) is 6.82. The average Bonchev–Trinajstić information content (AvgIpc) is 2.85. The van der Waals surface area contributed by atoms with Crippen molar-refractivity contribution in [2.45, 2.75) is 115 Å². The van der Waals surface area contributed by atoms with Crippen LogP contribution in [0.1, 0.15) is 120 Å². The van der Waals surface area contributed by atoms with Gasteiger partial charge in [-0.15, -0.1) is 0 Å². The first kappa shape index (κ1) is 33.9. The summed E-state index contributed by atoms with van der Waals surface area (Å²) in [4.78, 5) is 12.2. The van der Waals surface area contributed by atoms with Crippen molar-refractivity contribution in [3.05, 3.63) is 35.9 Å². The molecule has 6 nitrogen and oxygen atoms in total. The van der Waals surface area contributed by atoms with E-state index in [2.05, 4.69) is 12.2 Å². The van der Waals surface area contributed by atoms with Gasteiger partial charge in [0.05, 0.1) is 5.56 Å². The number of rotatable bonds is 19. The number of carbonyl (C=O) groups is 1. The van der Waals surface area contributed by atoms with E-state index in [4.69, 9.17) is 0 Å². The molecule has 0 saturated heterocycles. The molecule has 2 rings (SSSR count). The van der Waals surface area contributed by atoms with Crippen LogP contribution in [0.4, 0.5) is 0 Å². The zero-order chi connectivity index (χ0) is 26.2. The fraction of sp³-hybridized carbons (Fsp3) is 0.621. The van der Waals surface area contributed by atoms with Gasteiger partial charge in [-0.2, -0.15) is 8.42 Å². The summed E-state index contributed by atoms with van der Waals surface area (Å²) in [6.45, 7) is 2.71. The SMILES string of the molecule is CCCCCCCCCCCCCCCCCCNC(=O)c1cc(S(=O)(=O)O)c2ccccc2c1O.[Na+]. The van der Waals surface area contributed by atoms with Crippen molar-refractivity contribution in [1.29, 1.82) is 0 Å². The molecule has 0 spiro atoms. The van der Waals surface area contributed by atoms with Gasteiger partial charge < -0.3 is 10.4 Å². The molecule has 0 heterocycles. The maximum absolute atomic E-state index is 12.6. The Morgan fingerprint density at radius 2 is 1.19 bits per heavy atom. The smallest absolute Gasteiger partial charge is 0.506 e. The zero-order valence-corrected chi connectivity index (χ0v) is 25.8. The quantitative estimate of drug-likeness (QED) is 0.135. The third-order valence-corrected chi connectivity index (χ3v) is 7.71. The first-order valence-corrected chi connectivity index (χ1v) is 15.3. The molecule has 202 valence electrons. The first-order chi connectivity index (χ1) is 17.4. The fourth-order valence-corrected chi connectivity index (χ4v) is 5.41. The minimum absolute atomic E-state index is 0. The van der Waals surface area contributed by atoms with Crippen LogP contribution in [0.2, 0.25) is 0 Å². The summed E-state index contributed by atoms with van der Waals surface area (Å²) < 4.78 is 33.2. The van der Waals surface area contributed by atoms with Gasteiger partial charge in [-0.3, -0.25) is 9.35 Å². The second-order valence-corrected chi connectivity index (χ2v) is 11.2. The number of unbranched alkanes of at least 4 members (excludes halogenated alkanes) is 15. The maximum Gasteiger partial charge on any atom is 1.00 e. The molecule has 2 aromatic rings. The fourth-order valence-electron chi connectivity index (χ4n) is 4.68. The summed E-state index contributed by atoms with van der Waals surface area (Å²) in [6.07, 6.45) is 20.4. The van der Waals surface area contributed by atoms with Crippen LogP contribution in [-0.2, 0) is 10.1 Å². The Hall–Kier alpha value is -1.12. The molecular formula is C29H45NNaO5S+. The van der Waals surface area contributed by atoms with E-state index in [9.17, 15) is 22.9 Å². The van der Waals surface area contributed by atoms with Gasteiger partial charge in [0.25, 0.3) is 16.0 Å². The molecule has 3 N–H and O–H groups in total. The van der Waals surface area contributed by atoms with Crippen LogP contribution in [-0.4, -0.2) is 30.5 Å². The number of nitrogens with one attached hydrogen (secondary N) is 1. The van der Waals surface area contributed by atoms with Crippen LogP contribution in [0.3, 0.4) is 0 Å². The molecule has 0 unspecified atom stereocenters. The van der Waals surface area contributed by atoms with E-state index >= 15 is 0 Å². The number of carbonyl (C=O) groups excluding carboxylic acids is 1. The number of hydrogen-bond acceptors (Lipinski definition) is 4. The molecule has 0 aromatic heterocycles. The Balaban J connectivity index is 0.00000684. The van der Waals surface area contributed by atoms with Gasteiger partial charge in [-0.05, 0) is 12.5 Å². The van der Waals surface area contributed by atoms with Crippen molar-refractivity contribution in [3.8, 4) is 5.75 Å². The Morgan fingerprint density at radius 1 is 0.757 bits per heavy atom. The van der Waals surface area contributed by atoms with Gasteiger partial charge in [-0.1, -0.05) is 128 Å². The van der Waals surface area contributed by atoms with E-state index < -0.39 is 16.0 Å². The molecule has 37 heavy (non-hydrogen) atoms. The van der Waals surface area contributed by atoms with Crippen LogP contribution in [0, 0.1) is 0 Å². The van der Waals surface area contributed by atoms with Crippen molar-refractivity contribution in [2.24, 2.45) is 0 Å². The monoisotopic (exact) mass is 542 g/mol. The number of phenols is 1. The summed E-state index contributed by atoms with van der Waals surface area (Å²) in [5, 5.41) is 13.7. The number of aromatic hydroxyl groups is 1. The molecule has 0 saturated carbocycles. The van der Waals surface area contributed by atoms with Crippen molar-refractivity contribution in [1.82, 2.24) is 5.32 Å². The summed E-state index contributed by atoms with van der Waals surface area (Å²) >= 11 is 0. The van der Waals surface area contributed by atoms with Crippen molar-refractivity contribution in [3.63, 3.8) is 0 Å². The molecule has 0 aliphatic rings. The zero-order valence-electron chi connectivity index (χ0n) is 22.9. The van der Waals surface area contributed by atoms with Gasteiger partial charge in [0.2, 0.25) is 0 Å². The van der Waals surface area contributed by atoms with E-state index in [0.717, 1.165) is 25.3 Å². The Kier molecular flexibility index (Phi) is 17.4. The Morgan fingerprint density at radius 3 is 1.65 bits per heavy atom. The largest absolute Gasteiger partial charge is 1.00 e. The van der Waals surface area contributed by atoms with Gasteiger partial charge in [0, 0.05) is 17.3 Å². The second-order valence-electron chi connectivity index (χ2n) is 9.85. The Bertz CT molecular complexity index is 1040. The third kappa shape index (κ3) is 12.5.